The molecule has 4 rings (SSSR count). The first-order valence-electron chi connectivity index (χ1n) is 9.45. The van der Waals surface area contributed by atoms with E-state index in [4.69, 9.17) is 15.2 Å². The van der Waals surface area contributed by atoms with Crippen LogP contribution in [0.3, 0.4) is 0 Å². The largest absolute Gasteiger partial charge is 0.488 e. The van der Waals surface area contributed by atoms with Crippen molar-refractivity contribution in [3.05, 3.63) is 23.5 Å². The average Bonchev–Trinajstić information content (AvgIpc) is 3.04. The van der Waals surface area contributed by atoms with Crippen LogP contribution in [0.1, 0.15) is 31.2 Å². The van der Waals surface area contributed by atoms with Gasteiger partial charge in [0.1, 0.15) is 17.5 Å². The predicted molar refractivity (Wildman–Crippen MR) is 97.6 cm³/mol. The van der Waals surface area contributed by atoms with Gasteiger partial charge in [0.25, 0.3) is 0 Å². The van der Waals surface area contributed by atoms with Gasteiger partial charge in [0.2, 0.25) is 0 Å². The Bertz CT molecular complexity index is 865. The van der Waals surface area contributed by atoms with Crippen LogP contribution in [0.15, 0.2) is 12.1 Å². The van der Waals surface area contributed by atoms with E-state index >= 15 is 0 Å². The highest BCUT2D eigenvalue weighted by molar-refractivity contribution is 5.77. The summed E-state index contributed by atoms with van der Waals surface area (Å²) >= 11 is 0. The van der Waals surface area contributed by atoms with E-state index in [1.54, 1.807) is 4.68 Å². The molecule has 3 unspecified atom stereocenters. The van der Waals surface area contributed by atoms with Gasteiger partial charge in [-0.25, -0.2) is 4.98 Å². The zero-order valence-electron chi connectivity index (χ0n) is 15.9. The number of aromatic nitrogens is 4. The van der Waals surface area contributed by atoms with Gasteiger partial charge in [-0.3, -0.25) is 9.48 Å². The Balaban J connectivity index is 1.49. The van der Waals surface area contributed by atoms with Gasteiger partial charge in [-0.2, -0.15) is 0 Å². The lowest BCUT2D eigenvalue weighted by molar-refractivity contribution is -0.146. The number of carbonyl (C=O) groups excluding carboxylic acids is 1. The topological polar surface area (TPSA) is 105 Å². The Morgan fingerprint density at radius 1 is 1.37 bits per heavy atom. The first kappa shape index (κ1) is 17.9. The standard InChI is InChI=1S/C19H25N5O3/c1-4-26-19(25)17-11-5-7-15(16(11)17)27-14-8-6-12(21-10(14)2)18-13(9-20)24(3)23-22-18/h6,8,11,15-17H,4-5,7,9,20H2,1-3H3/t11?,15-,16?,17?/m1/s1. The number of hydrogen-bond acceptors (Lipinski definition) is 7. The minimum atomic E-state index is -0.0806. The molecule has 0 aliphatic heterocycles. The van der Waals surface area contributed by atoms with Crippen LogP contribution < -0.4 is 10.5 Å². The Kier molecular flexibility index (Phi) is 4.59. The second-order valence-corrected chi connectivity index (χ2v) is 7.25. The monoisotopic (exact) mass is 371 g/mol. The van der Waals surface area contributed by atoms with Crippen molar-refractivity contribution in [2.75, 3.05) is 6.61 Å². The number of hydrogen-bond donors (Lipinski definition) is 1. The Hall–Kier alpha value is -2.48. The number of aryl methyl sites for hydroxylation is 2. The molecule has 0 spiro atoms. The molecule has 2 aromatic rings. The van der Waals surface area contributed by atoms with E-state index in [9.17, 15) is 4.79 Å². The van der Waals surface area contributed by atoms with E-state index in [1.807, 2.05) is 33.0 Å². The highest BCUT2D eigenvalue weighted by Gasteiger charge is 2.63. The molecule has 144 valence electrons. The van der Waals surface area contributed by atoms with Crippen molar-refractivity contribution in [2.45, 2.75) is 39.3 Å². The second kappa shape index (κ2) is 6.92. The third-order valence-electron chi connectivity index (χ3n) is 5.70. The predicted octanol–water partition coefficient (Wildman–Crippen LogP) is 1.61. The SMILES string of the molecule is CCOC(=O)C1C2CC[C@@H](Oc3ccc(-c4nnn(C)c4CN)nc3C)C21. The van der Waals surface area contributed by atoms with Crippen molar-refractivity contribution < 1.29 is 14.3 Å². The molecule has 0 amide bonds. The Morgan fingerprint density at radius 2 is 2.19 bits per heavy atom. The van der Waals surface area contributed by atoms with E-state index in [0.29, 0.717) is 24.8 Å². The normalized spacial score (nSPS) is 25.9. The molecule has 0 radical (unpaired) electrons. The average molecular weight is 371 g/mol. The first-order chi connectivity index (χ1) is 13.0. The van der Waals surface area contributed by atoms with Crippen LogP contribution in [0.25, 0.3) is 11.4 Å². The summed E-state index contributed by atoms with van der Waals surface area (Å²) in [5.41, 5.74) is 8.85. The van der Waals surface area contributed by atoms with Gasteiger partial charge in [0.05, 0.1) is 29.6 Å². The van der Waals surface area contributed by atoms with Gasteiger partial charge >= 0.3 is 5.97 Å². The molecule has 2 N–H and O–H groups in total. The van der Waals surface area contributed by atoms with E-state index < -0.39 is 0 Å². The Labute approximate surface area is 158 Å². The summed E-state index contributed by atoms with van der Waals surface area (Å²) in [4.78, 5) is 16.7. The molecule has 0 bridgehead atoms. The van der Waals surface area contributed by atoms with E-state index in [2.05, 4.69) is 15.3 Å². The van der Waals surface area contributed by atoms with Crippen LogP contribution in [-0.4, -0.2) is 38.7 Å². The highest BCUT2D eigenvalue weighted by Crippen LogP contribution is 2.59. The zero-order valence-corrected chi connectivity index (χ0v) is 15.9. The summed E-state index contributed by atoms with van der Waals surface area (Å²) < 4.78 is 13.1. The van der Waals surface area contributed by atoms with Crippen molar-refractivity contribution in [1.82, 2.24) is 20.0 Å². The smallest absolute Gasteiger partial charge is 0.309 e. The van der Waals surface area contributed by atoms with E-state index in [1.165, 1.54) is 0 Å². The number of pyridine rings is 1. The minimum absolute atomic E-state index is 0.00273. The summed E-state index contributed by atoms with van der Waals surface area (Å²) in [6.45, 7) is 4.53. The van der Waals surface area contributed by atoms with Crippen molar-refractivity contribution in [1.29, 1.82) is 0 Å². The molecule has 2 fully saturated rings. The summed E-state index contributed by atoms with van der Waals surface area (Å²) in [7, 11) is 1.81. The maximum atomic E-state index is 12.0. The third-order valence-corrected chi connectivity index (χ3v) is 5.70. The Morgan fingerprint density at radius 3 is 2.89 bits per heavy atom. The zero-order chi connectivity index (χ0) is 19.1. The van der Waals surface area contributed by atoms with Gasteiger partial charge in [-0.05, 0) is 44.7 Å². The summed E-state index contributed by atoms with van der Waals surface area (Å²) in [6, 6.07) is 3.80. The van der Waals surface area contributed by atoms with Crippen molar-refractivity contribution in [3.8, 4) is 17.1 Å². The lowest BCUT2D eigenvalue weighted by atomic mass is 10.1. The van der Waals surface area contributed by atoms with Crippen LogP contribution in [0.4, 0.5) is 0 Å². The molecule has 0 saturated heterocycles. The van der Waals surface area contributed by atoms with Gasteiger partial charge in [0.15, 0.2) is 0 Å². The van der Waals surface area contributed by atoms with Crippen molar-refractivity contribution >= 4 is 5.97 Å². The van der Waals surface area contributed by atoms with Gasteiger partial charge in [-0.1, -0.05) is 5.21 Å². The summed E-state index contributed by atoms with van der Waals surface area (Å²) in [5, 5.41) is 8.20. The van der Waals surface area contributed by atoms with Gasteiger partial charge in [0, 0.05) is 19.5 Å². The minimum Gasteiger partial charge on any atom is -0.488 e. The molecule has 2 aliphatic carbocycles. The molecule has 8 heteroatoms. The lowest BCUT2D eigenvalue weighted by Crippen LogP contribution is -2.21. The summed E-state index contributed by atoms with van der Waals surface area (Å²) in [5.74, 6) is 1.35. The third kappa shape index (κ3) is 3.07. The molecule has 27 heavy (non-hydrogen) atoms. The number of fused-ring (bicyclic) bond motifs is 1. The van der Waals surface area contributed by atoms with Gasteiger partial charge in [-0.15, -0.1) is 5.10 Å². The van der Waals surface area contributed by atoms with Gasteiger partial charge < -0.3 is 15.2 Å². The fourth-order valence-corrected chi connectivity index (χ4v) is 4.31. The molecule has 2 heterocycles. The van der Waals surface area contributed by atoms with Crippen molar-refractivity contribution in [2.24, 2.45) is 30.5 Å². The number of nitrogens with two attached hydrogens (primary N) is 1. The number of rotatable bonds is 6. The highest BCUT2D eigenvalue weighted by atomic mass is 16.5. The molecule has 0 aromatic carbocycles. The first-order valence-corrected chi connectivity index (χ1v) is 9.45. The number of carbonyl (C=O) groups is 1. The molecular formula is C19H25N5O3. The van der Waals surface area contributed by atoms with Crippen LogP contribution in [-0.2, 0) is 23.1 Å². The lowest BCUT2D eigenvalue weighted by Gasteiger charge is -2.18. The van der Waals surface area contributed by atoms with Crippen LogP contribution in [0.2, 0.25) is 0 Å². The van der Waals surface area contributed by atoms with Crippen LogP contribution in [0, 0.1) is 24.7 Å². The number of nitrogens with zero attached hydrogens (tertiary/aromatic N) is 4. The fourth-order valence-electron chi connectivity index (χ4n) is 4.31. The van der Waals surface area contributed by atoms with E-state index in [-0.39, 0.29) is 23.9 Å². The fraction of sp³-hybridized carbons (Fsp3) is 0.579. The van der Waals surface area contributed by atoms with Crippen LogP contribution in [0.5, 0.6) is 5.75 Å². The molecule has 8 nitrogen and oxygen atoms in total. The summed E-state index contributed by atoms with van der Waals surface area (Å²) in [6.07, 6.45) is 2.03. The maximum Gasteiger partial charge on any atom is 0.309 e. The van der Waals surface area contributed by atoms with Crippen LogP contribution >= 0.6 is 0 Å². The van der Waals surface area contributed by atoms with E-state index in [0.717, 1.165) is 35.7 Å². The second-order valence-electron chi connectivity index (χ2n) is 7.25. The quantitative estimate of drug-likeness (QED) is 0.769. The molecular weight excluding hydrogens is 346 g/mol. The number of ether oxygens (including phenoxy) is 2. The molecule has 2 saturated carbocycles. The molecule has 2 aliphatic rings. The van der Waals surface area contributed by atoms with Crippen molar-refractivity contribution in [3.63, 3.8) is 0 Å². The maximum absolute atomic E-state index is 12.0. The molecule has 2 aromatic heterocycles. The molecule has 4 atom stereocenters. The number of esters is 1.